The second-order valence-electron chi connectivity index (χ2n) is 4.09. The molecule has 0 spiro atoms. The van der Waals surface area contributed by atoms with Gasteiger partial charge in [-0.15, -0.1) is 0 Å². The summed E-state index contributed by atoms with van der Waals surface area (Å²) in [6.07, 6.45) is 3.93. The van der Waals surface area contributed by atoms with Gasteiger partial charge in [0.2, 0.25) is 0 Å². The van der Waals surface area contributed by atoms with E-state index >= 15 is 0 Å². The van der Waals surface area contributed by atoms with Gasteiger partial charge in [0, 0.05) is 0 Å². The maximum absolute atomic E-state index is 8.77. The lowest BCUT2D eigenvalue weighted by molar-refractivity contribution is 0.363. The monoisotopic (exact) mass is 249 g/mol. The Morgan fingerprint density at radius 1 is 1.00 bits per heavy atom. The third-order valence-electron chi connectivity index (χ3n) is 2.78. The van der Waals surface area contributed by atoms with Crippen LogP contribution in [-0.2, 0) is 0 Å². The summed E-state index contributed by atoms with van der Waals surface area (Å²) in [5.41, 5.74) is 2.89. The Hall–Kier alpha value is -2.53. The Kier molecular flexibility index (Phi) is 4.36. The van der Waals surface area contributed by atoms with Crippen molar-refractivity contribution in [2.75, 3.05) is 6.61 Å². The summed E-state index contributed by atoms with van der Waals surface area (Å²) in [4.78, 5) is 0. The molecular weight excluding hydrogens is 234 g/mol. The zero-order valence-electron chi connectivity index (χ0n) is 10.8. The molecule has 0 saturated carbocycles. The molecule has 94 valence electrons. The molecule has 0 unspecified atom stereocenters. The lowest BCUT2D eigenvalue weighted by atomic mass is 10.0. The summed E-state index contributed by atoms with van der Waals surface area (Å²) < 4.78 is 5.54. The van der Waals surface area contributed by atoms with Crippen molar-refractivity contribution in [2.45, 2.75) is 6.92 Å². The zero-order valence-corrected chi connectivity index (χ0v) is 10.8. The Morgan fingerprint density at radius 3 is 2.11 bits per heavy atom. The van der Waals surface area contributed by atoms with Gasteiger partial charge in [-0.3, -0.25) is 0 Å². The van der Waals surface area contributed by atoms with E-state index in [-0.39, 0.29) is 0 Å². The fourth-order valence-electron chi connectivity index (χ4n) is 1.72. The van der Waals surface area contributed by atoms with E-state index in [9.17, 15) is 0 Å². The molecule has 2 nitrogen and oxygen atoms in total. The van der Waals surface area contributed by atoms with Crippen LogP contribution in [0.25, 0.3) is 11.1 Å². The summed E-state index contributed by atoms with van der Waals surface area (Å²) >= 11 is 0. The zero-order chi connectivity index (χ0) is 13.5. The first-order chi connectivity index (χ1) is 9.33. The molecule has 2 rings (SSSR count). The highest BCUT2D eigenvalue weighted by atomic mass is 16.5. The molecule has 0 fully saturated rings. The van der Waals surface area contributed by atoms with Crippen LogP contribution in [0.4, 0.5) is 0 Å². The molecule has 0 heterocycles. The maximum Gasteiger partial charge on any atom is 0.119 e. The van der Waals surface area contributed by atoms with Crippen LogP contribution in [0.1, 0.15) is 12.5 Å². The normalized spacial score (nSPS) is 10.3. The fraction of sp³-hybridized carbons (Fsp3) is 0.118. The third kappa shape index (κ3) is 3.46. The maximum atomic E-state index is 8.77. The fourth-order valence-corrected chi connectivity index (χ4v) is 1.72. The van der Waals surface area contributed by atoms with E-state index < -0.39 is 0 Å². The number of ether oxygens (including phenoxy) is 1. The quantitative estimate of drug-likeness (QED) is 0.761. The van der Waals surface area contributed by atoms with Gasteiger partial charge in [0.05, 0.1) is 11.6 Å². The minimum Gasteiger partial charge on any atom is -0.490 e. The van der Waals surface area contributed by atoms with Crippen molar-refractivity contribution >= 4 is 0 Å². The van der Waals surface area contributed by atoms with Crippen LogP contribution in [0.5, 0.6) is 5.75 Å². The molecule has 0 amide bonds. The summed E-state index contributed by atoms with van der Waals surface area (Å²) in [5.74, 6) is 0.857. The van der Waals surface area contributed by atoms with Crippen molar-refractivity contribution in [3.05, 3.63) is 66.2 Å². The molecule has 2 aromatic rings. The minimum absolute atomic E-state index is 0.590. The first kappa shape index (κ1) is 12.9. The number of hydrogen-bond acceptors (Lipinski definition) is 2. The molecule has 0 aliphatic rings. The smallest absolute Gasteiger partial charge is 0.119 e. The van der Waals surface area contributed by atoms with Gasteiger partial charge >= 0.3 is 0 Å². The van der Waals surface area contributed by atoms with Gasteiger partial charge < -0.3 is 4.74 Å². The highest BCUT2D eigenvalue weighted by molar-refractivity contribution is 5.64. The number of hydrogen-bond donors (Lipinski definition) is 0. The van der Waals surface area contributed by atoms with Crippen molar-refractivity contribution in [1.82, 2.24) is 0 Å². The largest absolute Gasteiger partial charge is 0.490 e. The lowest BCUT2D eigenvalue weighted by Crippen LogP contribution is -1.92. The standard InChI is InChI=1S/C17H15NO/c1-2-3-12-19-17-10-8-16(9-11-17)15-6-4-14(13-18)5-7-15/h2-11H,12H2,1H3. The Labute approximate surface area is 113 Å². The van der Waals surface area contributed by atoms with Crippen LogP contribution in [-0.4, -0.2) is 6.61 Å². The summed E-state index contributed by atoms with van der Waals surface area (Å²) in [6.45, 7) is 2.56. The van der Waals surface area contributed by atoms with Gasteiger partial charge in [-0.25, -0.2) is 0 Å². The third-order valence-corrected chi connectivity index (χ3v) is 2.78. The molecule has 0 aliphatic heterocycles. The van der Waals surface area contributed by atoms with Gasteiger partial charge in [0.25, 0.3) is 0 Å². The van der Waals surface area contributed by atoms with Crippen LogP contribution in [0.3, 0.4) is 0 Å². The van der Waals surface area contributed by atoms with Crippen molar-refractivity contribution < 1.29 is 4.74 Å². The summed E-state index contributed by atoms with van der Waals surface area (Å²) in [6, 6.07) is 17.6. The Morgan fingerprint density at radius 2 is 1.58 bits per heavy atom. The molecule has 0 radical (unpaired) electrons. The summed E-state index contributed by atoms with van der Waals surface area (Å²) in [5, 5.41) is 8.77. The first-order valence-corrected chi connectivity index (χ1v) is 6.18. The van der Waals surface area contributed by atoms with Gasteiger partial charge in [0.1, 0.15) is 12.4 Å². The van der Waals surface area contributed by atoms with Crippen LogP contribution in [0.2, 0.25) is 0 Å². The van der Waals surface area contributed by atoms with Crippen LogP contribution in [0.15, 0.2) is 60.7 Å². The molecule has 2 heteroatoms. The minimum atomic E-state index is 0.590. The Bertz CT molecular complexity index is 589. The predicted octanol–water partition coefficient (Wildman–Crippen LogP) is 4.18. The van der Waals surface area contributed by atoms with E-state index in [1.807, 2.05) is 67.6 Å². The van der Waals surface area contributed by atoms with Crippen LogP contribution < -0.4 is 4.74 Å². The number of benzene rings is 2. The molecule has 19 heavy (non-hydrogen) atoms. The highest BCUT2D eigenvalue weighted by Gasteiger charge is 1.99. The molecule has 0 N–H and O–H groups in total. The number of allylic oxidation sites excluding steroid dienone is 1. The second-order valence-corrected chi connectivity index (χ2v) is 4.09. The number of nitriles is 1. The molecule has 0 saturated heterocycles. The highest BCUT2D eigenvalue weighted by Crippen LogP contribution is 2.22. The average molecular weight is 249 g/mol. The van der Waals surface area contributed by atoms with Gasteiger partial charge in [0.15, 0.2) is 0 Å². The van der Waals surface area contributed by atoms with E-state index in [2.05, 4.69) is 6.07 Å². The van der Waals surface area contributed by atoms with E-state index in [0.29, 0.717) is 12.2 Å². The number of rotatable bonds is 4. The van der Waals surface area contributed by atoms with Crippen LogP contribution in [0, 0.1) is 11.3 Å². The molecule has 0 bridgehead atoms. The van der Waals surface area contributed by atoms with Crippen molar-refractivity contribution in [2.24, 2.45) is 0 Å². The van der Waals surface area contributed by atoms with Gasteiger partial charge in [-0.05, 0) is 42.3 Å². The molecule has 0 aliphatic carbocycles. The summed E-state index contributed by atoms with van der Waals surface area (Å²) in [7, 11) is 0. The van der Waals surface area contributed by atoms with Gasteiger partial charge in [-0.2, -0.15) is 5.26 Å². The van der Waals surface area contributed by atoms with Crippen molar-refractivity contribution in [1.29, 1.82) is 5.26 Å². The predicted molar refractivity (Wildman–Crippen MR) is 76.9 cm³/mol. The second kappa shape index (κ2) is 6.42. The lowest BCUT2D eigenvalue weighted by Gasteiger charge is -2.05. The molecule has 2 aromatic carbocycles. The molecule has 0 aromatic heterocycles. The SMILES string of the molecule is CC=CCOc1ccc(-c2ccc(C#N)cc2)cc1. The van der Waals surface area contributed by atoms with Crippen molar-refractivity contribution in [3.8, 4) is 22.9 Å². The van der Waals surface area contributed by atoms with Gasteiger partial charge in [-0.1, -0.05) is 36.4 Å². The Balaban J connectivity index is 2.11. The average Bonchev–Trinajstić information content (AvgIpc) is 2.48. The van der Waals surface area contributed by atoms with Crippen LogP contribution >= 0.6 is 0 Å². The van der Waals surface area contributed by atoms with E-state index in [0.717, 1.165) is 16.9 Å². The van der Waals surface area contributed by atoms with E-state index in [4.69, 9.17) is 10.00 Å². The van der Waals surface area contributed by atoms with E-state index in [1.165, 1.54) is 0 Å². The molecular formula is C17H15NO. The van der Waals surface area contributed by atoms with E-state index in [1.54, 1.807) is 0 Å². The first-order valence-electron chi connectivity index (χ1n) is 6.18. The topological polar surface area (TPSA) is 33.0 Å². The number of nitrogens with zero attached hydrogens (tertiary/aromatic N) is 1. The molecule has 0 atom stereocenters. The van der Waals surface area contributed by atoms with Crippen molar-refractivity contribution in [3.63, 3.8) is 0 Å².